The minimum absolute atomic E-state index is 0.0505. The fourth-order valence-electron chi connectivity index (χ4n) is 2.27. The zero-order chi connectivity index (χ0) is 15.4. The van der Waals surface area contributed by atoms with E-state index in [0.29, 0.717) is 25.3 Å². The number of nitrogens with zero attached hydrogens (tertiary/aromatic N) is 3. The molecule has 0 saturated carbocycles. The second-order valence-electron chi connectivity index (χ2n) is 5.18. The summed E-state index contributed by atoms with van der Waals surface area (Å²) in [7, 11) is 0. The molecule has 1 aliphatic heterocycles. The maximum Gasteiger partial charge on any atom is 0.222 e. The van der Waals surface area contributed by atoms with E-state index in [1.807, 2.05) is 31.2 Å². The van der Waals surface area contributed by atoms with Crippen LogP contribution in [0, 0.1) is 0 Å². The molecule has 116 valence electrons. The minimum Gasteiger partial charge on any atom is -0.486 e. The molecule has 2 heterocycles. The number of hydrogen-bond acceptors (Lipinski definition) is 5. The number of ether oxygens (including phenoxy) is 2. The highest BCUT2D eigenvalue weighted by Crippen LogP contribution is 2.31. The number of benzene rings is 1. The number of aryl methyl sites for hydroxylation is 1. The van der Waals surface area contributed by atoms with Gasteiger partial charge in [0.05, 0.1) is 12.6 Å². The van der Waals surface area contributed by atoms with Crippen LogP contribution >= 0.6 is 0 Å². The molecule has 1 aliphatic rings. The standard InChI is InChI=1S/C15H18N4O3/c1-11(18-15(20)6-7-19-10-16-9-17-19)14-8-21-12-4-2-3-5-13(12)22-14/h2-5,9-11,14H,6-8H2,1H3,(H,18,20)/t11-,14+/m0/s1. The summed E-state index contributed by atoms with van der Waals surface area (Å²) in [6.45, 7) is 2.83. The van der Waals surface area contributed by atoms with Gasteiger partial charge >= 0.3 is 0 Å². The van der Waals surface area contributed by atoms with E-state index in [2.05, 4.69) is 15.4 Å². The molecule has 1 N–H and O–H groups in total. The fraction of sp³-hybridized carbons (Fsp3) is 0.400. The van der Waals surface area contributed by atoms with E-state index >= 15 is 0 Å². The van der Waals surface area contributed by atoms with Crippen LogP contribution < -0.4 is 14.8 Å². The van der Waals surface area contributed by atoms with Gasteiger partial charge in [0.25, 0.3) is 0 Å². The van der Waals surface area contributed by atoms with Crippen molar-refractivity contribution in [1.82, 2.24) is 20.1 Å². The van der Waals surface area contributed by atoms with Crippen LogP contribution in [-0.4, -0.2) is 39.4 Å². The van der Waals surface area contributed by atoms with Crippen molar-refractivity contribution in [3.05, 3.63) is 36.9 Å². The summed E-state index contributed by atoms with van der Waals surface area (Å²) in [6.07, 6.45) is 3.18. The second kappa shape index (κ2) is 6.46. The van der Waals surface area contributed by atoms with Gasteiger partial charge in [-0.1, -0.05) is 12.1 Å². The Morgan fingerprint density at radius 2 is 2.27 bits per heavy atom. The van der Waals surface area contributed by atoms with E-state index < -0.39 is 0 Å². The summed E-state index contributed by atoms with van der Waals surface area (Å²) in [6, 6.07) is 7.38. The van der Waals surface area contributed by atoms with E-state index in [1.54, 1.807) is 11.0 Å². The predicted octanol–water partition coefficient (Wildman–Crippen LogP) is 1.01. The molecule has 0 bridgehead atoms. The fourth-order valence-corrected chi connectivity index (χ4v) is 2.27. The number of rotatable bonds is 5. The van der Waals surface area contributed by atoms with Gasteiger partial charge in [0.1, 0.15) is 19.3 Å². The lowest BCUT2D eigenvalue weighted by atomic mass is 10.1. The van der Waals surface area contributed by atoms with E-state index in [0.717, 1.165) is 5.75 Å². The second-order valence-corrected chi connectivity index (χ2v) is 5.18. The number of amides is 1. The molecule has 0 fully saturated rings. The lowest BCUT2D eigenvalue weighted by Crippen LogP contribution is -2.48. The molecule has 2 aromatic rings. The van der Waals surface area contributed by atoms with Gasteiger partial charge in [0, 0.05) is 6.42 Å². The maximum atomic E-state index is 12.0. The molecule has 3 rings (SSSR count). The van der Waals surface area contributed by atoms with Crippen LogP contribution in [0.3, 0.4) is 0 Å². The van der Waals surface area contributed by atoms with Crippen molar-refractivity contribution in [2.45, 2.75) is 32.0 Å². The zero-order valence-electron chi connectivity index (χ0n) is 12.3. The van der Waals surface area contributed by atoms with Crippen LogP contribution in [0.15, 0.2) is 36.9 Å². The van der Waals surface area contributed by atoms with E-state index in [9.17, 15) is 4.79 Å². The molecule has 2 atom stereocenters. The van der Waals surface area contributed by atoms with Gasteiger partial charge < -0.3 is 14.8 Å². The first-order chi connectivity index (χ1) is 10.7. The van der Waals surface area contributed by atoms with Gasteiger partial charge in [-0.15, -0.1) is 0 Å². The van der Waals surface area contributed by atoms with Gasteiger partial charge in [-0.3, -0.25) is 9.48 Å². The summed E-state index contributed by atoms with van der Waals surface area (Å²) >= 11 is 0. The average Bonchev–Trinajstić information content (AvgIpc) is 3.06. The van der Waals surface area contributed by atoms with Crippen molar-refractivity contribution in [1.29, 1.82) is 0 Å². The number of aromatic nitrogens is 3. The first kappa shape index (κ1) is 14.4. The van der Waals surface area contributed by atoms with Crippen molar-refractivity contribution >= 4 is 5.91 Å². The summed E-state index contributed by atoms with van der Waals surface area (Å²) in [5.74, 6) is 1.40. The van der Waals surface area contributed by atoms with Gasteiger partial charge in [-0.2, -0.15) is 5.10 Å². The Balaban J connectivity index is 1.50. The van der Waals surface area contributed by atoms with Crippen LogP contribution in [0.2, 0.25) is 0 Å². The third kappa shape index (κ3) is 3.36. The van der Waals surface area contributed by atoms with Gasteiger partial charge in [0.15, 0.2) is 17.6 Å². The Morgan fingerprint density at radius 3 is 3.05 bits per heavy atom. The van der Waals surface area contributed by atoms with Gasteiger partial charge in [-0.05, 0) is 19.1 Å². The predicted molar refractivity (Wildman–Crippen MR) is 78.6 cm³/mol. The number of carbonyl (C=O) groups is 1. The Labute approximate surface area is 128 Å². The molecule has 1 amide bonds. The Morgan fingerprint density at radius 1 is 1.45 bits per heavy atom. The Bertz CT molecular complexity index is 629. The number of fused-ring (bicyclic) bond motifs is 1. The first-order valence-corrected chi connectivity index (χ1v) is 7.22. The van der Waals surface area contributed by atoms with Crippen molar-refractivity contribution in [3.63, 3.8) is 0 Å². The highest BCUT2D eigenvalue weighted by Gasteiger charge is 2.26. The molecule has 1 aromatic carbocycles. The number of hydrogen-bond donors (Lipinski definition) is 1. The minimum atomic E-state index is -0.203. The lowest BCUT2D eigenvalue weighted by Gasteiger charge is -2.30. The van der Waals surface area contributed by atoms with E-state index in [-0.39, 0.29) is 18.1 Å². The van der Waals surface area contributed by atoms with Crippen molar-refractivity contribution < 1.29 is 14.3 Å². The van der Waals surface area contributed by atoms with E-state index in [1.165, 1.54) is 6.33 Å². The largest absolute Gasteiger partial charge is 0.486 e. The summed E-state index contributed by atoms with van der Waals surface area (Å²) < 4.78 is 13.2. The molecular formula is C15H18N4O3. The van der Waals surface area contributed by atoms with Crippen molar-refractivity contribution in [2.75, 3.05) is 6.61 Å². The smallest absolute Gasteiger partial charge is 0.222 e. The topological polar surface area (TPSA) is 78.3 Å². The molecule has 1 aromatic heterocycles. The summed E-state index contributed by atoms with van der Waals surface area (Å²) in [4.78, 5) is 15.8. The summed E-state index contributed by atoms with van der Waals surface area (Å²) in [5, 5.41) is 6.90. The normalized spacial score (nSPS) is 17.8. The molecular weight excluding hydrogens is 284 g/mol. The SMILES string of the molecule is C[C@H](NC(=O)CCn1cncn1)[C@H]1COc2ccccc2O1. The average molecular weight is 302 g/mol. The summed E-state index contributed by atoms with van der Waals surface area (Å²) in [5.41, 5.74) is 0. The molecule has 0 saturated heterocycles. The molecule has 0 unspecified atom stereocenters. The van der Waals surface area contributed by atoms with Crippen molar-refractivity contribution in [3.8, 4) is 11.5 Å². The van der Waals surface area contributed by atoms with Crippen LogP contribution in [-0.2, 0) is 11.3 Å². The Kier molecular flexibility index (Phi) is 4.22. The number of carbonyl (C=O) groups excluding carboxylic acids is 1. The molecule has 7 heteroatoms. The molecule has 0 radical (unpaired) electrons. The number of nitrogens with one attached hydrogen (secondary N) is 1. The highest BCUT2D eigenvalue weighted by molar-refractivity contribution is 5.76. The van der Waals surface area contributed by atoms with Crippen LogP contribution in [0.4, 0.5) is 0 Å². The van der Waals surface area contributed by atoms with Crippen LogP contribution in [0.25, 0.3) is 0 Å². The molecule has 0 aliphatic carbocycles. The van der Waals surface area contributed by atoms with Crippen LogP contribution in [0.1, 0.15) is 13.3 Å². The quantitative estimate of drug-likeness (QED) is 0.892. The third-order valence-corrected chi connectivity index (χ3v) is 3.51. The van der Waals surface area contributed by atoms with E-state index in [4.69, 9.17) is 9.47 Å². The molecule has 7 nitrogen and oxygen atoms in total. The van der Waals surface area contributed by atoms with Gasteiger partial charge in [0.2, 0.25) is 5.91 Å². The zero-order valence-corrected chi connectivity index (χ0v) is 12.3. The Hall–Kier alpha value is -2.57. The van der Waals surface area contributed by atoms with Crippen LogP contribution in [0.5, 0.6) is 11.5 Å². The first-order valence-electron chi connectivity index (χ1n) is 7.22. The van der Waals surface area contributed by atoms with Crippen molar-refractivity contribution in [2.24, 2.45) is 0 Å². The monoisotopic (exact) mass is 302 g/mol. The maximum absolute atomic E-state index is 12.0. The van der Waals surface area contributed by atoms with Gasteiger partial charge in [-0.25, -0.2) is 4.98 Å². The molecule has 22 heavy (non-hydrogen) atoms. The number of para-hydroxylation sites is 2. The lowest BCUT2D eigenvalue weighted by molar-refractivity contribution is -0.122. The molecule has 0 spiro atoms. The third-order valence-electron chi connectivity index (χ3n) is 3.51. The highest BCUT2D eigenvalue weighted by atomic mass is 16.6.